The lowest BCUT2D eigenvalue weighted by Gasteiger charge is -2.17. The van der Waals surface area contributed by atoms with Crippen LogP contribution in [0.2, 0.25) is 0 Å². The van der Waals surface area contributed by atoms with Gasteiger partial charge in [-0.3, -0.25) is 4.79 Å². The predicted molar refractivity (Wildman–Crippen MR) is 94.4 cm³/mol. The van der Waals surface area contributed by atoms with E-state index in [1.54, 1.807) is 29.9 Å². The average molecular weight is 336 g/mol. The van der Waals surface area contributed by atoms with E-state index in [9.17, 15) is 4.79 Å². The highest BCUT2D eigenvalue weighted by atomic mass is 16.5. The first-order chi connectivity index (χ1) is 12.2. The molecule has 1 aromatic heterocycles. The fourth-order valence-electron chi connectivity index (χ4n) is 2.60. The van der Waals surface area contributed by atoms with Crippen LogP contribution in [0.3, 0.4) is 0 Å². The molecule has 6 nitrogen and oxygen atoms in total. The maximum atomic E-state index is 12.6. The van der Waals surface area contributed by atoms with Crippen LogP contribution >= 0.6 is 0 Å². The Morgan fingerprint density at radius 2 is 1.84 bits per heavy atom. The molecule has 0 bridgehead atoms. The molecule has 0 saturated carbocycles. The summed E-state index contributed by atoms with van der Waals surface area (Å²) in [6.45, 7) is 1.02. The summed E-state index contributed by atoms with van der Waals surface area (Å²) >= 11 is 0. The highest BCUT2D eigenvalue weighted by Crippen LogP contribution is 2.19. The largest absolute Gasteiger partial charge is 0.496 e. The van der Waals surface area contributed by atoms with Crippen LogP contribution in [0.25, 0.3) is 0 Å². The average Bonchev–Trinajstić information content (AvgIpc) is 3.10. The summed E-state index contributed by atoms with van der Waals surface area (Å²) in [6.07, 6.45) is 1.67. The molecule has 0 N–H and O–H groups in total. The lowest BCUT2D eigenvalue weighted by atomic mass is 10.2. The van der Waals surface area contributed by atoms with Crippen molar-refractivity contribution in [2.24, 2.45) is 0 Å². The summed E-state index contributed by atoms with van der Waals surface area (Å²) < 4.78 is 7.00. The third-order valence-corrected chi connectivity index (χ3v) is 3.89. The number of carbonyl (C=O) groups excluding carboxylic acids is 1. The predicted octanol–water partition coefficient (Wildman–Crippen LogP) is 2.61. The number of methoxy groups -OCH3 is 1. The van der Waals surface area contributed by atoms with Gasteiger partial charge in [-0.15, -0.1) is 5.10 Å². The van der Waals surface area contributed by atoms with E-state index in [2.05, 4.69) is 10.3 Å². The quantitative estimate of drug-likeness (QED) is 0.694. The van der Waals surface area contributed by atoms with Crippen LogP contribution in [0.1, 0.15) is 21.6 Å². The number of hydrogen-bond donors (Lipinski definition) is 0. The molecule has 2 aromatic carbocycles. The topological polar surface area (TPSA) is 60.2 Å². The Hall–Kier alpha value is -3.15. The first-order valence-electron chi connectivity index (χ1n) is 7.99. The molecule has 0 unspecified atom stereocenters. The van der Waals surface area contributed by atoms with Gasteiger partial charge >= 0.3 is 0 Å². The van der Waals surface area contributed by atoms with Crippen LogP contribution in [0.4, 0.5) is 0 Å². The van der Waals surface area contributed by atoms with Gasteiger partial charge in [0.1, 0.15) is 5.75 Å². The molecular weight excluding hydrogens is 316 g/mol. The van der Waals surface area contributed by atoms with E-state index in [-0.39, 0.29) is 5.91 Å². The number of para-hydroxylation sites is 1. The fraction of sp³-hybridized carbons (Fsp3) is 0.211. The number of ether oxygens (including phenoxy) is 1. The number of hydrogen-bond acceptors (Lipinski definition) is 4. The molecule has 1 heterocycles. The molecular formula is C19H20N4O2. The minimum absolute atomic E-state index is 0.176. The minimum Gasteiger partial charge on any atom is -0.496 e. The van der Waals surface area contributed by atoms with Gasteiger partial charge in [0.2, 0.25) is 0 Å². The van der Waals surface area contributed by atoms with Crippen LogP contribution in [0.15, 0.2) is 60.8 Å². The molecule has 3 aromatic rings. The summed E-state index contributed by atoms with van der Waals surface area (Å²) in [5.41, 5.74) is 2.37. The first-order valence-corrected chi connectivity index (χ1v) is 7.99. The third-order valence-electron chi connectivity index (χ3n) is 3.89. The van der Waals surface area contributed by atoms with E-state index in [0.29, 0.717) is 18.8 Å². The number of amides is 1. The van der Waals surface area contributed by atoms with Gasteiger partial charge in [-0.05, 0) is 11.6 Å². The highest BCUT2D eigenvalue weighted by molar-refractivity contribution is 5.91. The Bertz CT molecular complexity index is 845. The van der Waals surface area contributed by atoms with Crippen LogP contribution in [-0.4, -0.2) is 40.0 Å². The first kappa shape index (κ1) is 16.7. The lowest BCUT2D eigenvalue weighted by molar-refractivity contribution is 0.0778. The lowest BCUT2D eigenvalue weighted by Crippen LogP contribution is -2.26. The Balaban J connectivity index is 1.68. The molecule has 0 atom stereocenters. The number of rotatable bonds is 6. The third kappa shape index (κ3) is 4.03. The molecule has 25 heavy (non-hydrogen) atoms. The molecule has 0 fully saturated rings. The summed E-state index contributed by atoms with van der Waals surface area (Å²) in [6, 6.07) is 17.6. The van der Waals surface area contributed by atoms with E-state index in [1.807, 2.05) is 54.6 Å². The maximum Gasteiger partial charge on any atom is 0.276 e. The molecule has 1 amide bonds. The zero-order valence-electron chi connectivity index (χ0n) is 14.3. The summed E-state index contributed by atoms with van der Waals surface area (Å²) in [5.74, 6) is 0.583. The standard InChI is InChI=1S/C19H20N4O2/c1-22(13-16-10-6-7-11-18(16)25-2)19(24)17-14-23(21-20-17)12-15-8-4-3-5-9-15/h3-11,14H,12-13H2,1-2H3. The number of carbonyl (C=O) groups is 1. The monoisotopic (exact) mass is 336 g/mol. The Morgan fingerprint density at radius 3 is 2.60 bits per heavy atom. The van der Waals surface area contributed by atoms with Crippen molar-refractivity contribution in [3.8, 4) is 5.75 Å². The van der Waals surface area contributed by atoms with Crippen molar-refractivity contribution in [2.45, 2.75) is 13.1 Å². The molecule has 0 aliphatic carbocycles. The molecule has 0 aliphatic heterocycles. The smallest absolute Gasteiger partial charge is 0.276 e. The number of aromatic nitrogens is 3. The van der Waals surface area contributed by atoms with Crippen LogP contribution in [0.5, 0.6) is 5.75 Å². The SMILES string of the molecule is COc1ccccc1CN(C)C(=O)c1cn(Cc2ccccc2)nn1. The van der Waals surface area contributed by atoms with Gasteiger partial charge in [-0.25, -0.2) is 4.68 Å². The second-order valence-electron chi connectivity index (χ2n) is 5.76. The van der Waals surface area contributed by atoms with Gasteiger partial charge in [0, 0.05) is 19.2 Å². The van der Waals surface area contributed by atoms with Crippen molar-refractivity contribution >= 4 is 5.91 Å². The van der Waals surface area contributed by atoms with Gasteiger partial charge in [-0.1, -0.05) is 53.7 Å². The van der Waals surface area contributed by atoms with Crippen LogP contribution in [-0.2, 0) is 13.1 Å². The van der Waals surface area contributed by atoms with E-state index in [4.69, 9.17) is 4.74 Å². The summed E-state index contributed by atoms with van der Waals surface area (Å²) in [5, 5.41) is 8.06. The molecule has 0 radical (unpaired) electrons. The molecule has 0 saturated heterocycles. The summed E-state index contributed by atoms with van der Waals surface area (Å²) in [4.78, 5) is 14.2. The normalized spacial score (nSPS) is 10.5. The molecule has 0 spiro atoms. The fourth-order valence-corrected chi connectivity index (χ4v) is 2.60. The van der Waals surface area contributed by atoms with Crippen molar-refractivity contribution in [1.29, 1.82) is 0 Å². The molecule has 128 valence electrons. The second kappa shape index (κ2) is 7.61. The van der Waals surface area contributed by atoms with Crippen molar-refractivity contribution in [3.63, 3.8) is 0 Å². The zero-order chi connectivity index (χ0) is 17.6. The van der Waals surface area contributed by atoms with Gasteiger partial charge < -0.3 is 9.64 Å². The zero-order valence-corrected chi connectivity index (χ0v) is 14.3. The molecule has 0 aliphatic rings. The second-order valence-corrected chi connectivity index (χ2v) is 5.76. The van der Waals surface area contributed by atoms with Gasteiger partial charge in [0.15, 0.2) is 5.69 Å². The minimum atomic E-state index is -0.176. The Morgan fingerprint density at radius 1 is 1.12 bits per heavy atom. The highest BCUT2D eigenvalue weighted by Gasteiger charge is 2.17. The summed E-state index contributed by atoms with van der Waals surface area (Å²) in [7, 11) is 3.36. The molecule has 6 heteroatoms. The van der Waals surface area contributed by atoms with E-state index >= 15 is 0 Å². The van der Waals surface area contributed by atoms with Gasteiger partial charge in [-0.2, -0.15) is 0 Å². The maximum absolute atomic E-state index is 12.6. The number of nitrogens with zero attached hydrogens (tertiary/aromatic N) is 4. The van der Waals surface area contributed by atoms with E-state index < -0.39 is 0 Å². The Kier molecular flexibility index (Phi) is 5.09. The van der Waals surface area contributed by atoms with Crippen molar-refractivity contribution < 1.29 is 9.53 Å². The Labute approximate surface area is 146 Å². The van der Waals surface area contributed by atoms with Crippen molar-refractivity contribution in [2.75, 3.05) is 14.2 Å². The van der Waals surface area contributed by atoms with E-state index in [0.717, 1.165) is 16.9 Å². The van der Waals surface area contributed by atoms with Gasteiger partial charge in [0.25, 0.3) is 5.91 Å². The van der Waals surface area contributed by atoms with E-state index in [1.165, 1.54) is 0 Å². The van der Waals surface area contributed by atoms with Crippen LogP contribution < -0.4 is 4.74 Å². The van der Waals surface area contributed by atoms with Crippen LogP contribution in [0, 0.1) is 0 Å². The van der Waals surface area contributed by atoms with Gasteiger partial charge in [0.05, 0.1) is 19.9 Å². The van der Waals surface area contributed by atoms with Crippen molar-refractivity contribution in [1.82, 2.24) is 19.9 Å². The molecule has 3 rings (SSSR count). The number of benzene rings is 2. The van der Waals surface area contributed by atoms with Crippen molar-refractivity contribution in [3.05, 3.63) is 77.6 Å².